The summed E-state index contributed by atoms with van der Waals surface area (Å²) in [6, 6.07) is 0.252. The fraction of sp³-hybridized carbons (Fsp3) is 0.733. The third kappa shape index (κ3) is 4.34. The van der Waals surface area contributed by atoms with Gasteiger partial charge in [0.15, 0.2) is 0 Å². The highest BCUT2D eigenvalue weighted by atomic mass is 16.6. The molecule has 5 nitrogen and oxygen atoms in total. The van der Waals surface area contributed by atoms with Crippen molar-refractivity contribution in [2.75, 3.05) is 20.3 Å². The predicted octanol–water partition coefficient (Wildman–Crippen LogP) is 2.75. The Kier molecular flexibility index (Phi) is 6.20. The number of hydrogen-bond donors (Lipinski definition) is 0. The molecule has 0 saturated heterocycles. The first-order chi connectivity index (χ1) is 9.42. The van der Waals surface area contributed by atoms with Crippen molar-refractivity contribution < 1.29 is 14.3 Å². The Balaban J connectivity index is 2.67. The summed E-state index contributed by atoms with van der Waals surface area (Å²) in [6.07, 6.45) is 5.44. The first kappa shape index (κ1) is 16.7. The fourth-order valence-corrected chi connectivity index (χ4v) is 2.30. The second-order valence-corrected chi connectivity index (χ2v) is 5.66. The molecule has 114 valence electrons. The van der Waals surface area contributed by atoms with E-state index in [1.807, 2.05) is 27.0 Å². The summed E-state index contributed by atoms with van der Waals surface area (Å²) in [5.74, 6) is 0.797. The number of carbonyl (C=O) groups is 1. The number of ether oxygens (including phenoxy) is 2. The number of esters is 1. The summed E-state index contributed by atoms with van der Waals surface area (Å²) in [4.78, 5) is 16.4. The van der Waals surface area contributed by atoms with E-state index in [2.05, 4.69) is 16.5 Å². The van der Waals surface area contributed by atoms with Crippen molar-refractivity contribution in [3.63, 3.8) is 0 Å². The first-order valence-electron chi connectivity index (χ1n) is 7.08. The highest BCUT2D eigenvalue weighted by Crippen LogP contribution is 2.32. The number of imidazole rings is 1. The predicted molar refractivity (Wildman–Crippen MR) is 77.5 cm³/mol. The van der Waals surface area contributed by atoms with Gasteiger partial charge >= 0.3 is 5.97 Å². The average Bonchev–Trinajstić information content (AvgIpc) is 2.82. The molecule has 20 heavy (non-hydrogen) atoms. The van der Waals surface area contributed by atoms with Crippen molar-refractivity contribution in [2.24, 2.45) is 5.41 Å². The topological polar surface area (TPSA) is 53.4 Å². The lowest BCUT2D eigenvalue weighted by Crippen LogP contribution is -2.31. The summed E-state index contributed by atoms with van der Waals surface area (Å²) in [6.45, 7) is 8.69. The zero-order valence-electron chi connectivity index (χ0n) is 13.2. The normalized spacial score (nSPS) is 13.2. The summed E-state index contributed by atoms with van der Waals surface area (Å²) < 4.78 is 12.3. The highest BCUT2D eigenvalue weighted by Gasteiger charge is 2.32. The van der Waals surface area contributed by atoms with Crippen molar-refractivity contribution in [1.29, 1.82) is 0 Å². The summed E-state index contributed by atoms with van der Waals surface area (Å²) in [5.41, 5.74) is -0.523. The minimum atomic E-state index is -0.523. The molecule has 0 spiro atoms. The van der Waals surface area contributed by atoms with Crippen LogP contribution in [0.3, 0.4) is 0 Å². The molecule has 5 heteroatoms. The van der Waals surface area contributed by atoms with Gasteiger partial charge in [-0.3, -0.25) is 4.79 Å². The van der Waals surface area contributed by atoms with Gasteiger partial charge in [0.2, 0.25) is 0 Å². The van der Waals surface area contributed by atoms with Crippen molar-refractivity contribution >= 4 is 5.97 Å². The standard InChI is InChI=1S/C15H26N2O3/c1-6-13(17-8-7-16-12(17)2)11-15(3,4)14(18)20-10-9-19-5/h7-8,13H,6,9-11H2,1-5H3. The Bertz CT molecular complexity index is 427. The van der Waals surface area contributed by atoms with Gasteiger partial charge in [-0.15, -0.1) is 0 Å². The molecule has 1 unspecified atom stereocenters. The van der Waals surface area contributed by atoms with Crippen molar-refractivity contribution in [3.8, 4) is 0 Å². The van der Waals surface area contributed by atoms with Gasteiger partial charge in [-0.25, -0.2) is 4.98 Å². The summed E-state index contributed by atoms with van der Waals surface area (Å²) >= 11 is 0. The summed E-state index contributed by atoms with van der Waals surface area (Å²) in [7, 11) is 1.59. The molecule has 1 heterocycles. The lowest BCUT2D eigenvalue weighted by molar-refractivity contribution is -0.156. The third-order valence-electron chi connectivity index (χ3n) is 3.55. The van der Waals surface area contributed by atoms with Gasteiger partial charge in [0.1, 0.15) is 12.4 Å². The van der Waals surface area contributed by atoms with Crippen LogP contribution >= 0.6 is 0 Å². The van der Waals surface area contributed by atoms with Gasteiger partial charge in [-0.1, -0.05) is 6.92 Å². The highest BCUT2D eigenvalue weighted by molar-refractivity contribution is 5.75. The molecule has 0 saturated carbocycles. The second-order valence-electron chi connectivity index (χ2n) is 5.66. The van der Waals surface area contributed by atoms with E-state index in [9.17, 15) is 4.79 Å². The van der Waals surface area contributed by atoms with Gasteiger partial charge in [0.05, 0.1) is 12.0 Å². The molecule has 1 rings (SSSR count). The number of aryl methyl sites for hydroxylation is 1. The van der Waals surface area contributed by atoms with Crippen LogP contribution < -0.4 is 0 Å². The zero-order valence-corrected chi connectivity index (χ0v) is 13.2. The first-order valence-corrected chi connectivity index (χ1v) is 7.08. The number of hydrogen-bond acceptors (Lipinski definition) is 4. The molecule has 0 radical (unpaired) electrons. The maximum absolute atomic E-state index is 12.1. The monoisotopic (exact) mass is 282 g/mol. The van der Waals surface area contributed by atoms with Gasteiger partial charge in [0, 0.05) is 25.5 Å². The Morgan fingerprint density at radius 3 is 2.65 bits per heavy atom. The van der Waals surface area contributed by atoms with E-state index in [0.29, 0.717) is 13.2 Å². The molecule has 1 aromatic heterocycles. The summed E-state index contributed by atoms with van der Waals surface area (Å²) in [5, 5.41) is 0. The SMILES string of the molecule is CCC(CC(C)(C)C(=O)OCCOC)n1ccnc1C. The number of rotatable bonds is 8. The van der Waals surface area contributed by atoms with Crippen LogP contribution in [-0.4, -0.2) is 35.8 Å². The molecule has 0 aliphatic heterocycles. The van der Waals surface area contributed by atoms with Crippen molar-refractivity contribution in [1.82, 2.24) is 9.55 Å². The fourth-order valence-electron chi connectivity index (χ4n) is 2.30. The zero-order chi connectivity index (χ0) is 15.2. The van der Waals surface area contributed by atoms with E-state index in [1.54, 1.807) is 13.3 Å². The molecule has 0 aromatic carbocycles. The molecule has 0 aliphatic carbocycles. The Morgan fingerprint density at radius 2 is 2.15 bits per heavy atom. The molecular weight excluding hydrogens is 256 g/mol. The van der Waals surface area contributed by atoms with Crippen LogP contribution in [0.25, 0.3) is 0 Å². The maximum atomic E-state index is 12.1. The third-order valence-corrected chi connectivity index (χ3v) is 3.55. The van der Waals surface area contributed by atoms with Crippen LogP contribution in [0.15, 0.2) is 12.4 Å². The second kappa shape index (κ2) is 7.43. The van der Waals surface area contributed by atoms with E-state index in [4.69, 9.17) is 9.47 Å². The van der Waals surface area contributed by atoms with E-state index in [-0.39, 0.29) is 12.0 Å². The molecule has 1 atom stereocenters. The van der Waals surface area contributed by atoms with Gasteiger partial charge in [-0.05, 0) is 33.6 Å². The molecule has 1 aromatic rings. The van der Waals surface area contributed by atoms with Crippen LogP contribution in [0.1, 0.15) is 45.5 Å². The molecule has 0 fully saturated rings. The number of carbonyl (C=O) groups excluding carboxylic acids is 1. The molecule has 0 aliphatic rings. The quantitative estimate of drug-likeness (QED) is 0.543. The molecule has 0 N–H and O–H groups in total. The Hall–Kier alpha value is -1.36. The van der Waals surface area contributed by atoms with Crippen LogP contribution in [0.2, 0.25) is 0 Å². The number of methoxy groups -OCH3 is 1. The Labute approximate surface area is 121 Å². The van der Waals surface area contributed by atoms with E-state index in [1.165, 1.54) is 0 Å². The van der Waals surface area contributed by atoms with Crippen molar-refractivity contribution in [2.45, 2.75) is 46.6 Å². The smallest absolute Gasteiger partial charge is 0.311 e. The van der Waals surface area contributed by atoms with Gasteiger partial charge in [-0.2, -0.15) is 0 Å². The lowest BCUT2D eigenvalue weighted by Gasteiger charge is -2.28. The number of nitrogens with zero attached hydrogens (tertiary/aromatic N) is 2. The molecule has 0 bridgehead atoms. The van der Waals surface area contributed by atoms with E-state index in [0.717, 1.165) is 18.7 Å². The van der Waals surface area contributed by atoms with Crippen LogP contribution in [0, 0.1) is 12.3 Å². The van der Waals surface area contributed by atoms with E-state index < -0.39 is 5.41 Å². The molecule has 0 amide bonds. The minimum absolute atomic E-state index is 0.175. The van der Waals surface area contributed by atoms with Crippen LogP contribution in [-0.2, 0) is 14.3 Å². The van der Waals surface area contributed by atoms with Crippen LogP contribution in [0.4, 0.5) is 0 Å². The van der Waals surface area contributed by atoms with Crippen molar-refractivity contribution in [3.05, 3.63) is 18.2 Å². The molecular formula is C15H26N2O3. The van der Waals surface area contributed by atoms with Gasteiger partial charge < -0.3 is 14.0 Å². The van der Waals surface area contributed by atoms with Gasteiger partial charge in [0.25, 0.3) is 0 Å². The maximum Gasteiger partial charge on any atom is 0.311 e. The largest absolute Gasteiger partial charge is 0.463 e. The lowest BCUT2D eigenvalue weighted by atomic mass is 9.85. The number of aromatic nitrogens is 2. The average molecular weight is 282 g/mol. The van der Waals surface area contributed by atoms with Crippen LogP contribution in [0.5, 0.6) is 0 Å². The van der Waals surface area contributed by atoms with E-state index >= 15 is 0 Å². The Morgan fingerprint density at radius 1 is 1.45 bits per heavy atom. The minimum Gasteiger partial charge on any atom is -0.463 e.